The third-order valence-electron chi connectivity index (χ3n) is 6.06. The van der Waals surface area contributed by atoms with E-state index in [0.717, 1.165) is 36.0 Å². The molecule has 4 rings (SSSR count). The second-order valence-electron chi connectivity index (χ2n) is 7.61. The molecule has 1 aliphatic carbocycles. The Morgan fingerprint density at radius 1 is 1.00 bits per heavy atom. The maximum absolute atomic E-state index is 8.79. The fourth-order valence-electron chi connectivity index (χ4n) is 4.60. The van der Waals surface area contributed by atoms with Gasteiger partial charge in [-0.15, -0.1) is 0 Å². The van der Waals surface area contributed by atoms with E-state index in [9.17, 15) is 0 Å². The molecular weight excluding hydrogens is 308 g/mol. The summed E-state index contributed by atoms with van der Waals surface area (Å²) >= 11 is 0. The molecule has 0 amide bonds. The summed E-state index contributed by atoms with van der Waals surface area (Å²) in [5, 5.41) is 11.1. The third kappa shape index (κ3) is 3.43. The zero-order valence-corrected chi connectivity index (χ0v) is 15.1. The Morgan fingerprint density at radius 3 is 2.56 bits per heavy atom. The van der Waals surface area contributed by atoms with Crippen LogP contribution in [0, 0.1) is 11.3 Å². The van der Waals surface area contributed by atoms with Gasteiger partial charge in [-0.05, 0) is 66.8 Å². The van der Waals surface area contributed by atoms with E-state index in [2.05, 4.69) is 35.2 Å². The van der Waals surface area contributed by atoms with Gasteiger partial charge in [0.25, 0.3) is 0 Å². The van der Waals surface area contributed by atoms with Crippen molar-refractivity contribution in [1.29, 1.82) is 5.41 Å². The van der Waals surface area contributed by atoms with Crippen LogP contribution in [0.3, 0.4) is 0 Å². The lowest BCUT2D eigenvalue weighted by Gasteiger charge is -2.37. The lowest BCUT2D eigenvalue weighted by atomic mass is 9.88. The van der Waals surface area contributed by atoms with Crippen LogP contribution in [0.15, 0.2) is 36.4 Å². The van der Waals surface area contributed by atoms with Crippen LogP contribution >= 0.6 is 0 Å². The maximum atomic E-state index is 8.79. The van der Waals surface area contributed by atoms with Crippen molar-refractivity contribution in [3.63, 3.8) is 0 Å². The molecule has 1 aliphatic heterocycles. The highest BCUT2D eigenvalue weighted by Gasteiger charge is 2.29. The van der Waals surface area contributed by atoms with Crippen LogP contribution in [0.25, 0.3) is 10.8 Å². The van der Waals surface area contributed by atoms with Gasteiger partial charge >= 0.3 is 0 Å². The molecule has 1 saturated carbocycles. The van der Waals surface area contributed by atoms with Gasteiger partial charge in [0.15, 0.2) is 0 Å². The first-order chi connectivity index (χ1) is 12.2. The van der Waals surface area contributed by atoms with E-state index < -0.39 is 0 Å². The van der Waals surface area contributed by atoms with E-state index in [4.69, 9.17) is 10.1 Å². The van der Waals surface area contributed by atoms with Gasteiger partial charge in [0.05, 0.1) is 7.11 Å². The SMILES string of the molecule is COc1ccc2cc(C(=N)C3CCCN(C4CCCC4)C3)ccc2c1. The summed E-state index contributed by atoms with van der Waals surface area (Å²) in [7, 11) is 1.70. The Kier molecular flexibility index (Phi) is 4.76. The summed E-state index contributed by atoms with van der Waals surface area (Å²) < 4.78 is 5.31. The van der Waals surface area contributed by atoms with Gasteiger partial charge in [0, 0.05) is 24.2 Å². The van der Waals surface area contributed by atoms with Gasteiger partial charge in [-0.3, -0.25) is 4.90 Å². The molecule has 3 nitrogen and oxygen atoms in total. The lowest BCUT2D eigenvalue weighted by molar-refractivity contribution is 0.147. The monoisotopic (exact) mass is 336 g/mol. The van der Waals surface area contributed by atoms with Crippen molar-refractivity contribution in [1.82, 2.24) is 4.90 Å². The molecule has 0 aromatic heterocycles. The molecule has 0 radical (unpaired) electrons. The molecule has 2 aliphatic rings. The Hall–Kier alpha value is -1.87. The average molecular weight is 336 g/mol. The number of piperidine rings is 1. The summed E-state index contributed by atoms with van der Waals surface area (Å²) in [5.74, 6) is 1.26. The third-order valence-corrected chi connectivity index (χ3v) is 6.06. The molecule has 1 heterocycles. The lowest BCUT2D eigenvalue weighted by Crippen LogP contribution is -2.43. The van der Waals surface area contributed by atoms with Crippen LogP contribution in [0.2, 0.25) is 0 Å². The predicted octanol–water partition coefficient (Wildman–Crippen LogP) is 4.87. The summed E-state index contributed by atoms with van der Waals surface area (Å²) in [6.07, 6.45) is 7.88. The van der Waals surface area contributed by atoms with Crippen LogP contribution in [-0.2, 0) is 0 Å². The molecule has 25 heavy (non-hydrogen) atoms. The van der Waals surface area contributed by atoms with Crippen molar-refractivity contribution < 1.29 is 4.74 Å². The maximum Gasteiger partial charge on any atom is 0.119 e. The number of hydrogen-bond donors (Lipinski definition) is 1. The number of nitrogens with one attached hydrogen (secondary N) is 1. The number of nitrogens with zero attached hydrogens (tertiary/aromatic N) is 1. The number of ether oxygens (including phenoxy) is 1. The predicted molar refractivity (Wildman–Crippen MR) is 104 cm³/mol. The van der Waals surface area contributed by atoms with Gasteiger partial charge in [-0.1, -0.05) is 31.0 Å². The van der Waals surface area contributed by atoms with Gasteiger partial charge < -0.3 is 10.1 Å². The van der Waals surface area contributed by atoms with Crippen molar-refractivity contribution in [2.24, 2.45) is 5.92 Å². The average Bonchev–Trinajstić information content (AvgIpc) is 3.21. The van der Waals surface area contributed by atoms with E-state index in [-0.39, 0.29) is 0 Å². The first kappa shape index (κ1) is 16.6. The zero-order chi connectivity index (χ0) is 17.2. The fourth-order valence-corrected chi connectivity index (χ4v) is 4.60. The minimum absolute atomic E-state index is 0.380. The summed E-state index contributed by atoms with van der Waals surface area (Å²) in [6.45, 7) is 2.30. The Labute approximate surface area is 150 Å². The minimum atomic E-state index is 0.380. The van der Waals surface area contributed by atoms with Crippen molar-refractivity contribution in [3.05, 3.63) is 42.0 Å². The van der Waals surface area contributed by atoms with Crippen LogP contribution in [0.1, 0.15) is 44.1 Å². The molecule has 1 unspecified atom stereocenters. The quantitative estimate of drug-likeness (QED) is 0.809. The second-order valence-corrected chi connectivity index (χ2v) is 7.61. The molecule has 1 saturated heterocycles. The second kappa shape index (κ2) is 7.17. The van der Waals surface area contributed by atoms with E-state index in [0.29, 0.717) is 5.92 Å². The Balaban J connectivity index is 1.52. The van der Waals surface area contributed by atoms with E-state index in [1.54, 1.807) is 7.11 Å². The molecule has 132 valence electrons. The largest absolute Gasteiger partial charge is 0.497 e. The molecule has 2 aromatic rings. The molecule has 0 spiro atoms. The smallest absolute Gasteiger partial charge is 0.119 e. The molecule has 2 aromatic carbocycles. The number of benzene rings is 2. The minimum Gasteiger partial charge on any atom is -0.497 e. The van der Waals surface area contributed by atoms with Crippen molar-refractivity contribution in [3.8, 4) is 5.75 Å². The van der Waals surface area contributed by atoms with Gasteiger partial charge in [0.1, 0.15) is 5.75 Å². The van der Waals surface area contributed by atoms with Crippen molar-refractivity contribution in [2.75, 3.05) is 20.2 Å². The van der Waals surface area contributed by atoms with E-state index in [1.807, 2.05) is 6.07 Å². The normalized spacial score (nSPS) is 22.4. The number of rotatable bonds is 4. The van der Waals surface area contributed by atoms with Crippen molar-refractivity contribution >= 4 is 16.5 Å². The molecule has 1 atom stereocenters. The Morgan fingerprint density at radius 2 is 1.76 bits per heavy atom. The molecular formula is C22H28N2O. The Bertz CT molecular complexity index is 764. The van der Waals surface area contributed by atoms with Gasteiger partial charge in [0.2, 0.25) is 0 Å². The van der Waals surface area contributed by atoms with Gasteiger partial charge in [-0.2, -0.15) is 0 Å². The van der Waals surface area contributed by atoms with E-state index >= 15 is 0 Å². The zero-order valence-electron chi connectivity index (χ0n) is 15.1. The molecule has 3 heteroatoms. The van der Waals surface area contributed by atoms with Crippen LogP contribution in [0.5, 0.6) is 5.75 Å². The highest BCUT2D eigenvalue weighted by atomic mass is 16.5. The number of methoxy groups -OCH3 is 1. The number of hydrogen-bond acceptors (Lipinski definition) is 3. The first-order valence-corrected chi connectivity index (χ1v) is 9.65. The molecule has 2 fully saturated rings. The fraction of sp³-hybridized carbons (Fsp3) is 0.500. The summed E-state index contributed by atoms with van der Waals surface area (Å²) in [4.78, 5) is 2.67. The molecule has 0 bridgehead atoms. The van der Waals surface area contributed by atoms with Crippen LogP contribution < -0.4 is 4.74 Å². The van der Waals surface area contributed by atoms with Gasteiger partial charge in [-0.25, -0.2) is 0 Å². The highest BCUT2D eigenvalue weighted by Crippen LogP contribution is 2.30. The molecule has 1 N–H and O–H groups in total. The first-order valence-electron chi connectivity index (χ1n) is 9.65. The summed E-state index contributed by atoms with van der Waals surface area (Å²) in [6, 6.07) is 13.3. The van der Waals surface area contributed by atoms with E-state index in [1.165, 1.54) is 49.4 Å². The number of likely N-dealkylation sites (tertiary alicyclic amines) is 1. The van der Waals surface area contributed by atoms with Crippen molar-refractivity contribution in [2.45, 2.75) is 44.6 Å². The standard InChI is InChI=1S/C22H28N2O/c1-25-21-11-10-16-13-18(9-8-17(16)14-21)22(23)19-5-4-12-24(15-19)20-6-2-3-7-20/h8-11,13-14,19-20,23H,2-7,12,15H2,1H3. The highest BCUT2D eigenvalue weighted by molar-refractivity contribution is 6.03. The number of fused-ring (bicyclic) bond motifs is 1. The van der Waals surface area contributed by atoms with Crippen LogP contribution in [0.4, 0.5) is 0 Å². The van der Waals surface area contributed by atoms with Crippen LogP contribution in [-0.4, -0.2) is 36.9 Å². The topological polar surface area (TPSA) is 36.3 Å². The summed E-state index contributed by atoms with van der Waals surface area (Å²) in [5.41, 5.74) is 1.90.